The minimum absolute atomic E-state index is 0.204. The van der Waals surface area contributed by atoms with Gasteiger partial charge in [-0.2, -0.15) is 14.5 Å². The molecular formula is C23H22N6O4S. The van der Waals surface area contributed by atoms with Gasteiger partial charge in [0.05, 0.1) is 22.3 Å². The van der Waals surface area contributed by atoms with E-state index >= 15 is 0 Å². The number of benzene rings is 2. The highest BCUT2D eigenvalue weighted by atomic mass is 32.2. The Morgan fingerprint density at radius 2 is 1.71 bits per heavy atom. The van der Waals surface area contributed by atoms with Gasteiger partial charge in [0.2, 0.25) is 10.0 Å². The second kappa shape index (κ2) is 8.50. The Morgan fingerprint density at radius 3 is 2.41 bits per heavy atom. The van der Waals surface area contributed by atoms with E-state index in [9.17, 15) is 18.0 Å². The Balaban J connectivity index is 1.30. The van der Waals surface area contributed by atoms with E-state index in [1.165, 1.54) is 27.3 Å². The summed E-state index contributed by atoms with van der Waals surface area (Å²) in [5.41, 5.74) is 0.649. The molecule has 0 atom stereocenters. The molecule has 10 nitrogen and oxygen atoms in total. The highest BCUT2D eigenvalue weighted by Crippen LogP contribution is 2.23. The first-order chi connectivity index (χ1) is 16.3. The Labute approximate surface area is 195 Å². The molecule has 1 aliphatic heterocycles. The van der Waals surface area contributed by atoms with Crippen molar-refractivity contribution in [3.05, 3.63) is 82.4 Å². The number of hydrogen-bond acceptors (Lipinski definition) is 6. The molecule has 0 spiro atoms. The van der Waals surface area contributed by atoms with Gasteiger partial charge in [0.25, 0.3) is 11.5 Å². The molecule has 5 rings (SSSR count). The van der Waals surface area contributed by atoms with Gasteiger partial charge in [-0.3, -0.25) is 9.59 Å². The standard InChI is InChI=1S/C23H22N6O4S/c1-16-20(15-24-29(16)21-8-9-22(30)26-25-21)23(31)27-10-12-28(13-11-27)34(32,33)19-7-6-17-4-2-3-5-18(17)14-19/h2-9,14-15H,10-13H2,1H3,(H,26,30). The maximum absolute atomic E-state index is 13.2. The first kappa shape index (κ1) is 22.0. The van der Waals surface area contributed by atoms with Crippen LogP contribution >= 0.6 is 0 Å². The van der Waals surface area contributed by atoms with Gasteiger partial charge in [-0.1, -0.05) is 30.3 Å². The molecule has 1 fully saturated rings. The van der Waals surface area contributed by atoms with Gasteiger partial charge < -0.3 is 4.90 Å². The molecule has 0 saturated carbocycles. The molecule has 0 radical (unpaired) electrons. The van der Waals surface area contributed by atoms with Crippen LogP contribution in [0.2, 0.25) is 0 Å². The SMILES string of the molecule is Cc1c(C(=O)N2CCN(S(=O)(=O)c3ccc4ccccc4c3)CC2)cnn1-c1ccc(=O)[nH]n1. The van der Waals surface area contributed by atoms with Crippen molar-refractivity contribution in [3.8, 4) is 5.82 Å². The van der Waals surface area contributed by atoms with E-state index in [1.807, 2.05) is 24.3 Å². The second-order valence-corrected chi connectivity index (χ2v) is 9.98. The molecule has 34 heavy (non-hydrogen) atoms. The average Bonchev–Trinajstić information content (AvgIpc) is 3.25. The Kier molecular flexibility index (Phi) is 5.50. The number of piperazine rings is 1. The van der Waals surface area contributed by atoms with Crippen molar-refractivity contribution in [2.75, 3.05) is 26.2 Å². The molecule has 3 heterocycles. The number of nitrogens with one attached hydrogen (secondary N) is 1. The fourth-order valence-corrected chi connectivity index (χ4v) is 5.54. The number of hydrogen-bond donors (Lipinski definition) is 1. The van der Waals surface area contributed by atoms with E-state index in [4.69, 9.17) is 0 Å². The predicted molar refractivity (Wildman–Crippen MR) is 125 cm³/mol. The summed E-state index contributed by atoms with van der Waals surface area (Å²) in [5, 5.41) is 12.4. The minimum atomic E-state index is -3.67. The average molecular weight is 479 g/mol. The lowest BCUT2D eigenvalue weighted by atomic mass is 10.1. The lowest BCUT2D eigenvalue weighted by Gasteiger charge is -2.34. The number of aromatic nitrogens is 4. The van der Waals surface area contributed by atoms with E-state index in [0.29, 0.717) is 17.1 Å². The third-order valence-electron chi connectivity index (χ3n) is 6.01. The van der Waals surface area contributed by atoms with Crippen LogP contribution in [-0.2, 0) is 10.0 Å². The molecule has 1 N–H and O–H groups in total. The van der Waals surface area contributed by atoms with Crippen LogP contribution in [0.25, 0.3) is 16.6 Å². The normalized spacial score (nSPS) is 15.0. The van der Waals surface area contributed by atoms with Crippen LogP contribution in [0.3, 0.4) is 0 Å². The van der Waals surface area contributed by atoms with Gasteiger partial charge in [-0.25, -0.2) is 18.2 Å². The molecular weight excluding hydrogens is 456 g/mol. The highest BCUT2D eigenvalue weighted by Gasteiger charge is 2.31. The van der Waals surface area contributed by atoms with Crippen LogP contribution in [0.4, 0.5) is 0 Å². The van der Waals surface area contributed by atoms with Crippen LogP contribution in [-0.4, -0.2) is 69.7 Å². The largest absolute Gasteiger partial charge is 0.336 e. The molecule has 2 aromatic carbocycles. The van der Waals surface area contributed by atoms with E-state index in [1.54, 1.807) is 30.0 Å². The number of rotatable bonds is 4. The summed E-state index contributed by atoms with van der Waals surface area (Å²) >= 11 is 0. The number of aromatic amines is 1. The fraction of sp³-hybridized carbons (Fsp3) is 0.217. The molecule has 174 valence electrons. The van der Waals surface area contributed by atoms with Crippen molar-refractivity contribution in [1.29, 1.82) is 0 Å². The van der Waals surface area contributed by atoms with Crippen LogP contribution in [0.1, 0.15) is 16.1 Å². The number of carbonyl (C=O) groups is 1. The molecule has 1 amide bonds. The summed E-state index contributed by atoms with van der Waals surface area (Å²) in [6.07, 6.45) is 1.46. The van der Waals surface area contributed by atoms with E-state index in [-0.39, 0.29) is 42.5 Å². The first-order valence-corrected chi connectivity index (χ1v) is 12.2. The molecule has 0 unspecified atom stereocenters. The molecule has 4 aromatic rings. The number of fused-ring (bicyclic) bond motifs is 1. The summed E-state index contributed by atoms with van der Waals surface area (Å²) in [5.74, 6) is 0.165. The maximum Gasteiger partial charge on any atom is 0.264 e. The zero-order chi connectivity index (χ0) is 23.9. The van der Waals surface area contributed by atoms with E-state index in [0.717, 1.165) is 10.8 Å². The van der Waals surface area contributed by atoms with E-state index < -0.39 is 10.0 Å². The third kappa shape index (κ3) is 3.88. The van der Waals surface area contributed by atoms with Crippen molar-refractivity contribution in [3.63, 3.8) is 0 Å². The Bertz CT molecular complexity index is 1530. The Hall–Kier alpha value is -3.83. The van der Waals surface area contributed by atoms with Gasteiger partial charge >= 0.3 is 0 Å². The smallest absolute Gasteiger partial charge is 0.264 e. The van der Waals surface area contributed by atoms with Crippen LogP contribution in [0.15, 0.2) is 70.5 Å². The number of H-pyrrole nitrogens is 1. The van der Waals surface area contributed by atoms with Crippen molar-refractivity contribution < 1.29 is 13.2 Å². The monoisotopic (exact) mass is 478 g/mol. The molecule has 1 aliphatic rings. The number of amides is 1. The predicted octanol–water partition coefficient (Wildman–Crippen LogP) is 1.56. The first-order valence-electron chi connectivity index (χ1n) is 10.7. The van der Waals surface area contributed by atoms with Gasteiger partial charge in [-0.15, -0.1) is 0 Å². The summed E-state index contributed by atoms with van der Waals surface area (Å²) in [6.45, 7) is 2.69. The van der Waals surface area contributed by atoms with Crippen molar-refractivity contribution >= 4 is 26.7 Å². The quantitative estimate of drug-likeness (QED) is 0.475. The van der Waals surface area contributed by atoms with Gasteiger partial charge in [0, 0.05) is 32.2 Å². The summed E-state index contributed by atoms with van der Waals surface area (Å²) in [7, 11) is -3.67. The topological polar surface area (TPSA) is 121 Å². The number of nitrogens with zero attached hydrogens (tertiary/aromatic N) is 5. The zero-order valence-electron chi connectivity index (χ0n) is 18.4. The summed E-state index contributed by atoms with van der Waals surface area (Å²) in [4.78, 5) is 26.2. The maximum atomic E-state index is 13.2. The zero-order valence-corrected chi connectivity index (χ0v) is 19.2. The van der Waals surface area contributed by atoms with Crippen molar-refractivity contribution in [2.45, 2.75) is 11.8 Å². The number of carbonyl (C=O) groups excluding carboxylic acids is 1. The highest BCUT2D eigenvalue weighted by molar-refractivity contribution is 7.89. The number of sulfonamides is 1. The lowest BCUT2D eigenvalue weighted by molar-refractivity contribution is 0.0697. The van der Waals surface area contributed by atoms with Gasteiger partial charge in [0.1, 0.15) is 0 Å². The summed E-state index contributed by atoms with van der Waals surface area (Å²) in [6, 6.07) is 15.6. The van der Waals surface area contributed by atoms with E-state index in [2.05, 4.69) is 15.3 Å². The Morgan fingerprint density at radius 1 is 0.971 bits per heavy atom. The summed E-state index contributed by atoms with van der Waals surface area (Å²) < 4.78 is 29.3. The van der Waals surface area contributed by atoms with Crippen LogP contribution < -0.4 is 5.56 Å². The van der Waals surface area contributed by atoms with Crippen molar-refractivity contribution in [1.82, 2.24) is 29.2 Å². The molecule has 0 aliphatic carbocycles. The fourth-order valence-electron chi connectivity index (χ4n) is 4.08. The van der Waals surface area contributed by atoms with Gasteiger partial charge in [-0.05, 0) is 35.9 Å². The minimum Gasteiger partial charge on any atom is -0.336 e. The molecule has 0 bridgehead atoms. The molecule has 11 heteroatoms. The van der Waals surface area contributed by atoms with Crippen molar-refractivity contribution in [2.24, 2.45) is 0 Å². The third-order valence-corrected chi connectivity index (χ3v) is 7.90. The lowest BCUT2D eigenvalue weighted by Crippen LogP contribution is -2.50. The molecule has 1 saturated heterocycles. The van der Waals surface area contributed by atoms with Gasteiger partial charge in [0.15, 0.2) is 5.82 Å². The van der Waals surface area contributed by atoms with Crippen LogP contribution in [0.5, 0.6) is 0 Å². The van der Waals surface area contributed by atoms with Crippen LogP contribution in [0, 0.1) is 6.92 Å². The molecule has 2 aromatic heterocycles. The second-order valence-electron chi connectivity index (χ2n) is 8.04.